The van der Waals surface area contributed by atoms with Gasteiger partial charge in [-0.15, -0.1) is 0 Å². The summed E-state index contributed by atoms with van der Waals surface area (Å²) < 4.78 is 60.5. The fourth-order valence-corrected chi connectivity index (χ4v) is 3.02. The van der Waals surface area contributed by atoms with Crippen LogP contribution in [0.15, 0.2) is 0 Å². The summed E-state index contributed by atoms with van der Waals surface area (Å²) in [5, 5.41) is 8.65. The van der Waals surface area contributed by atoms with Crippen molar-refractivity contribution in [3.8, 4) is 0 Å². The molecule has 1 N–H and O–H groups in total. The molecule has 0 aromatic carbocycles. The molecule has 0 aliphatic heterocycles. The second-order valence-electron chi connectivity index (χ2n) is 5.30. The Morgan fingerprint density at radius 3 is 2.00 bits per heavy atom. The molecule has 0 aromatic rings. The van der Waals surface area contributed by atoms with Crippen molar-refractivity contribution in [1.29, 1.82) is 0 Å². The van der Waals surface area contributed by atoms with Gasteiger partial charge in [-0.2, -0.15) is 17.5 Å². The van der Waals surface area contributed by atoms with Gasteiger partial charge >= 0.3 is 6.18 Å². The Bertz CT molecular complexity index is 346. The number of alkyl halides is 3. The summed E-state index contributed by atoms with van der Waals surface area (Å²) in [6.45, 7) is 2.70. The van der Waals surface area contributed by atoms with E-state index in [0.717, 1.165) is 0 Å². The second-order valence-corrected chi connectivity index (χ2v) is 7.39. The number of rotatable bonds is 6. The van der Waals surface area contributed by atoms with Crippen molar-refractivity contribution in [2.45, 2.75) is 33.4 Å². The third-order valence-corrected chi connectivity index (χ3v) is 4.03. The molecular weight excluding hydrogens is 271 g/mol. The highest BCUT2D eigenvalue weighted by Crippen LogP contribution is 2.23. The molecule has 110 valence electrons. The number of aliphatic hydroxyl groups excluding tert-OH is 1. The van der Waals surface area contributed by atoms with E-state index in [1.54, 1.807) is 0 Å². The molecule has 0 aliphatic carbocycles. The quantitative estimate of drug-likeness (QED) is 0.809. The van der Waals surface area contributed by atoms with Gasteiger partial charge in [0.15, 0.2) is 0 Å². The van der Waals surface area contributed by atoms with Gasteiger partial charge in [-0.3, -0.25) is 0 Å². The predicted octanol–water partition coefficient (Wildman–Crippen LogP) is 1.61. The maximum atomic E-state index is 12.2. The summed E-state index contributed by atoms with van der Waals surface area (Å²) in [6, 6.07) is 0. The van der Waals surface area contributed by atoms with Gasteiger partial charge in [0.1, 0.15) is 6.54 Å². The average Bonchev–Trinajstić information content (AvgIpc) is 2.11. The Balaban J connectivity index is 4.77. The first-order valence-corrected chi connectivity index (χ1v) is 7.14. The Morgan fingerprint density at radius 1 is 1.17 bits per heavy atom. The van der Waals surface area contributed by atoms with E-state index in [2.05, 4.69) is 0 Å². The van der Waals surface area contributed by atoms with Crippen LogP contribution in [-0.4, -0.2) is 49.5 Å². The van der Waals surface area contributed by atoms with Crippen molar-refractivity contribution in [1.82, 2.24) is 4.31 Å². The third kappa shape index (κ3) is 7.88. The van der Waals surface area contributed by atoms with Crippen LogP contribution in [0, 0.1) is 5.41 Å². The molecule has 0 aromatic heterocycles. The van der Waals surface area contributed by atoms with E-state index in [1.807, 2.05) is 20.8 Å². The molecule has 0 aliphatic rings. The Morgan fingerprint density at radius 2 is 1.67 bits per heavy atom. The third-order valence-electron chi connectivity index (χ3n) is 2.21. The van der Waals surface area contributed by atoms with Gasteiger partial charge in [0, 0.05) is 6.54 Å². The number of hydrogen-bond donors (Lipinski definition) is 1. The minimum Gasteiger partial charge on any atom is -0.395 e. The van der Waals surface area contributed by atoms with Crippen molar-refractivity contribution in [2.75, 3.05) is 25.4 Å². The first-order chi connectivity index (χ1) is 7.87. The lowest BCUT2D eigenvalue weighted by molar-refractivity contribution is -0.136. The van der Waals surface area contributed by atoms with Crippen molar-refractivity contribution in [3.05, 3.63) is 0 Å². The minimum atomic E-state index is -4.61. The lowest BCUT2D eigenvalue weighted by Gasteiger charge is -2.25. The standard InChI is InChI=1S/C10H20F3NO3S/c1-9(2,3)4-7-18(16,17)14(5-6-15)8-10(11,12)13/h15H,4-8H2,1-3H3. The van der Waals surface area contributed by atoms with Crippen LogP contribution >= 0.6 is 0 Å². The van der Waals surface area contributed by atoms with Crippen LogP contribution in [0.4, 0.5) is 13.2 Å². The molecule has 0 heterocycles. The molecule has 0 rings (SSSR count). The molecular formula is C10H20F3NO3S. The van der Waals surface area contributed by atoms with Crippen LogP contribution in [0.3, 0.4) is 0 Å². The molecule has 18 heavy (non-hydrogen) atoms. The zero-order chi connectivity index (χ0) is 14.6. The topological polar surface area (TPSA) is 57.6 Å². The maximum Gasteiger partial charge on any atom is 0.402 e. The normalized spacial score (nSPS) is 14.2. The van der Waals surface area contributed by atoms with E-state index < -0.39 is 35.9 Å². The maximum absolute atomic E-state index is 12.2. The molecule has 4 nitrogen and oxygen atoms in total. The number of halogens is 3. The van der Waals surface area contributed by atoms with Gasteiger partial charge in [0.05, 0.1) is 12.4 Å². The van der Waals surface area contributed by atoms with Crippen molar-refractivity contribution in [2.24, 2.45) is 5.41 Å². The Kier molecular flexibility index (Phi) is 6.09. The van der Waals surface area contributed by atoms with Gasteiger partial charge in [-0.1, -0.05) is 20.8 Å². The molecule has 8 heteroatoms. The average molecular weight is 291 g/mol. The highest BCUT2D eigenvalue weighted by atomic mass is 32.2. The Labute approximate surface area is 106 Å². The first-order valence-electron chi connectivity index (χ1n) is 5.53. The number of sulfonamides is 1. The van der Waals surface area contributed by atoms with E-state index in [4.69, 9.17) is 5.11 Å². The second kappa shape index (κ2) is 6.21. The van der Waals surface area contributed by atoms with Gasteiger partial charge in [0.2, 0.25) is 10.0 Å². The Hall–Kier alpha value is -0.340. The summed E-state index contributed by atoms with van der Waals surface area (Å²) in [5.41, 5.74) is -0.282. The van der Waals surface area contributed by atoms with Crippen LogP contribution in [-0.2, 0) is 10.0 Å². The van der Waals surface area contributed by atoms with E-state index in [1.165, 1.54) is 0 Å². The monoisotopic (exact) mass is 291 g/mol. The molecule has 0 amide bonds. The fraction of sp³-hybridized carbons (Fsp3) is 1.00. The zero-order valence-electron chi connectivity index (χ0n) is 10.8. The van der Waals surface area contributed by atoms with Gasteiger partial charge < -0.3 is 5.11 Å². The largest absolute Gasteiger partial charge is 0.402 e. The molecule has 0 radical (unpaired) electrons. The van der Waals surface area contributed by atoms with Crippen molar-refractivity contribution < 1.29 is 26.7 Å². The van der Waals surface area contributed by atoms with Crippen molar-refractivity contribution in [3.63, 3.8) is 0 Å². The first kappa shape index (κ1) is 17.7. The molecule has 0 bridgehead atoms. The van der Waals surface area contributed by atoms with Gasteiger partial charge in [-0.05, 0) is 11.8 Å². The van der Waals surface area contributed by atoms with Crippen molar-refractivity contribution >= 4 is 10.0 Å². The smallest absolute Gasteiger partial charge is 0.395 e. The molecule has 0 saturated carbocycles. The predicted molar refractivity (Wildman–Crippen MR) is 62.6 cm³/mol. The molecule has 0 atom stereocenters. The van der Waals surface area contributed by atoms with E-state index >= 15 is 0 Å². The van der Waals surface area contributed by atoms with Crippen LogP contribution in [0.2, 0.25) is 0 Å². The van der Waals surface area contributed by atoms with Crippen LogP contribution in [0.5, 0.6) is 0 Å². The SMILES string of the molecule is CC(C)(C)CCS(=O)(=O)N(CCO)CC(F)(F)F. The minimum absolute atomic E-state index is 0.259. The van der Waals surface area contributed by atoms with Gasteiger partial charge in [-0.25, -0.2) is 8.42 Å². The number of hydrogen-bond acceptors (Lipinski definition) is 3. The van der Waals surface area contributed by atoms with E-state index in [0.29, 0.717) is 4.31 Å². The number of aliphatic hydroxyl groups is 1. The summed E-state index contributed by atoms with van der Waals surface area (Å²) in [4.78, 5) is 0. The fourth-order valence-electron chi connectivity index (χ4n) is 1.19. The van der Waals surface area contributed by atoms with Crippen LogP contribution in [0.1, 0.15) is 27.2 Å². The summed E-state index contributed by atoms with van der Waals surface area (Å²) >= 11 is 0. The zero-order valence-corrected chi connectivity index (χ0v) is 11.6. The van der Waals surface area contributed by atoms with Gasteiger partial charge in [0.25, 0.3) is 0 Å². The summed E-state index contributed by atoms with van der Waals surface area (Å²) in [7, 11) is -4.00. The molecule has 0 fully saturated rings. The highest BCUT2D eigenvalue weighted by molar-refractivity contribution is 7.89. The lowest BCUT2D eigenvalue weighted by atomic mass is 9.94. The van der Waals surface area contributed by atoms with Crippen LogP contribution < -0.4 is 0 Å². The molecule has 0 unspecified atom stereocenters. The number of nitrogens with zero attached hydrogens (tertiary/aromatic N) is 1. The molecule has 0 spiro atoms. The van der Waals surface area contributed by atoms with Crippen LogP contribution in [0.25, 0.3) is 0 Å². The molecule has 0 saturated heterocycles. The summed E-state index contributed by atoms with van der Waals surface area (Å²) in [6.07, 6.45) is -4.35. The van der Waals surface area contributed by atoms with E-state index in [-0.39, 0.29) is 17.6 Å². The lowest BCUT2D eigenvalue weighted by Crippen LogP contribution is -2.42. The summed E-state index contributed by atoms with van der Waals surface area (Å²) in [5.74, 6) is -0.355. The highest BCUT2D eigenvalue weighted by Gasteiger charge is 2.36. The van der Waals surface area contributed by atoms with E-state index in [9.17, 15) is 21.6 Å².